The van der Waals surface area contributed by atoms with E-state index in [1.807, 2.05) is 31.2 Å². The molecule has 0 aliphatic carbocycles. The van der Waals surface area contributed by atoms with Gasteiger partial charge >= 0.3 is 25.4 Å². The molecular formula is C12H15ClO2Zn. The Bertz CT molecular complexity index is 278. The van der Waals surface area contributed by atoms with Crippen LogP contribution in [0.25, 0.3) is 0 Å². The Hall–Kier alpha value is -0.397. The second-order valence-electron chi connectivity index (χ2n) is 3.07. The van der Waals surface area contributed by atoms with Crippen molar-refractivity contribution in [1.82, 2.24) is 0 Å². The van der Waals surface area contributed by atoms with E-state index < -0.39 is 0 Å². The van der Waals surface area contributed by atoms with Crippen LogP contribution in [0.3, 0.4) is 0 Å². The topological polar surface area (TPSA) is 26.3 Å². The molecule has 0 aliphatic rings. The van der Waals surface area contributed by atoms with Gasteiger partial charge in [0, 0.05) is 6.42 Å². The molecule has 4 heteroatoms. The second kappa shape index (κ2) is 11.1. The Morgan fingerprint density at radius 3 is 2.81 bits per heavy atom. The molecule has 0 N–H and O–H groups in total. The van der Waals surface area contributed by atoms with Crippen LogP contribution in [-0.4, -0.2) is 12.6 Å². The molecule has 2 nitrogen and oxygen atoms in total. The van der Waals surface area contributed by atoms with E-state index >= 15 is 0 Å². The van der Waals surface area contributed by atoms with E-state index in [4.69, 9.17) is 4.74 Å². The first-order valence-corrected chi connectivity index (χ1v) is 4.93. The normalized spacial score (nSPS) is 8.56. The van der Waals surface area contributed by atoms with Crippen molar-refractivity contribution in [3.8, 4) is 0 Å². The molecule has 0 unspecified atom stereocenters. The number of rotatable bonds is 5. The van der Waals surface area contributed by atoms with Crippen LogP contribution < -0.4 is 12.4 Å². The van der Waals surface area contributed by atoms with Crippen molar-refractivity contribution < 1.29 is 41.4 Å². The summed E-state index contributed by atoms with van der Waals surface area (Å²) in [6, 6.07) is 10.8. The Kier molecular flexibility index (Phi) is 12.5. The fourth-order valence-corrected chi connectivity index (χ4v) is 1.26. The molecular weight excluding hydrogens is 277 g/mol. The largest absolute Gasteiger partial charge is 2.00 e. The van der Waals surface area contributed by atoms with Gasteiger partial charge in [-0.15, -0.1) is 0 Å². The standard InChI is InChI=1S/C12H15O2.ClH.Zn/c1-2-14-12(13)10-6-9-11-7-4-3-5-8-11;;/h3-4,7-8H,2,6,9-10H2,1H3;1H;/q-1;;+2/p-1. The third-order valence-electron chi connectivity index (χ3n) is 1.92. The van der Waals surface area contributed by atoms with E-state index in [0.717, 1.165) is 12.8 Å². The molecule has 0 saturated heterocycles. The number of carbonyl (C=O) groups excluding carboxylic acids is 1. The quantitative estimate of drug-likeness (QED) is 0.410. The van der Waals surface area contributed by atoms with E-state index in [1.54, 1.807) is 0 Å². The summed E-state index contributed by atoms with van der Waals surface area (Å²) < 4.78 is 4.83. The summed E-state index contributed by atoms with van der Waals surface area (Å²) in [4.78, 5) is 11.0. The number of esters is 1. The fourth-order valence-electron chi connectivity index (χ4n) is 1.26. The van der Waals surface area contributed by atoms with Crippen molar-refractivity contribution in [2.75, 3.05) is 6.61 Å². The number of hydrogen-bond donors (Lipinski definition) is 0. The SMILES string of the molecule is CCOC(=O)CCCc1c[c-]ccc1.[Cl-].[Zn+2]. The molecule has 0 bridgehead atoms. The van der Waals surface area contributed by atoms with Crippen molar-refractivity contribution in [2.45, 2.75) is 26.2 Å². The van der Waals surface area contributed by atoms with Crippen molar-refractivity contribution in [2.24, 2.45) is 0 Å². The van der Waals surface area contributed by atoms with Gasteiger partial charge in [0.2, 0.25) is 0 Å². The van der Waals surface area contributed by atoms with Crippen molar-refractivity contribution in [1.29, 1.82) is 0 Å². The molecule has 0 fully saturated rings. The zero-order valence-corrected chi connectivity index (χ0v) is 13.3. The molecule has 0 aromatic heterocycles. The van der Waals surface area contributed by atoms with Crippen molar-refractivity contribution in [3.63, 3.8) is 0 Å². The Morgan fingerprint density at radius 2 is 2.25 bits per heavy atom. The van der Waals surface area contributed by atoms with E-state index in [0.29, 0.717) is 13.0 Å². The van der Waals surface area contributed by atoms with Gasteiger partial charge in [-0.1, -0.05) is 6.42 Å². The van der Waals surface area contributed by atoms with Gasteiger partial charge in [0.1, 0.15) is 0 Å². The van der Waals surface area contributed by atoms with Gasteiger partial charge in [0.05, 0.1) is 6.61 Å². The van der Waals surface area contributed by atoms with Crippen LogP contribution in [0.1, 0.15) is 25.3 Å². The number of benzene rings is 1. The van der Waals surface area contributed by atoms with Gasteiger partial charge in [-0.3, -0.25) is 4.79 Å². The number of aryl methyl sites for hydroxylation is 1. The summed E-state index contributed by atoms with van der Waals surface area (Å²) >= 11 is 0. The maximum atomic E-state index is 11.0. The van der Waals surface area contributed by atoms with Gasteiger partial charge in [0.25, 0.3) is 0 Å². The van der Waals surface area contributed by atoms with Crippen LogP contribution in [-0.2, 0) is 35.4 Å². The smallest absolute Gasteiger partial charge is 1.00 e. The van der Waals surface area contributed by atoms with Gasteiger partial charge in [-0.2, -0.15) is 35.9 Å². The summed E-state index contributed by atoms with van der Waals surface area (Å²) in [5.74, 6) is -0.104. The average Bonchev–Trinajstić information content (AvgIpc) is 2.20. The molecule has 0 saturated carbocycles. The Labute approximate surface area is 116 Å². The van der Waals surface area contributed by atoms with E-state index in [-0.39, 0.29) is 37.9 Å². The summed E-state index contributed by atoms with van der Waals surface area (Å²) in [7, 11) is 0. The third kappa shape index (κ3) is 7.84. The van der Waals surface area contributed by atoms with Gasteiger partial charge in [0.15, 0.2) is 0 Å². The number of carbonyl (C=O) groups is 1. The maximum Gasteiger partial charge on any atom is 2.00 e. The molecule has 84 valence electrons. The zero-order valence-electron chi connectivity index (χ0n) is 9.54. The Morgan fingerprint density at radius 1 is 1.50 bits per heavy atom. The summed E-state index contributed by atoms with van der Waals surface area (Å²) in [6.07, 6.45) is 2.26. The monoisotopic (exact) mass is 290 g/mol. The number of ether oxygens (including phenoxy) is 1. The molecule has 0 amide bonds. The van der Waals surface area contributed by atoms with E-state index in [9.17, 15) is 4.79 Å². The molecule has 16 heavy (non-hydrogen) atoms. The molecule has 0 heterocycles. The first kappa shape index (κ1) is 18.0. The van der Waals surface area contributed by atoms with E-state index in [1.165, 1.54) is 5.56 Å². The molecule has 1 rings (SSSR count). The van der Waals surface area contributed by atoms with E-state index in [2.05, 4.69) is 6.07 Å². The first-order chi connectivity index (χ1) is 6.83. The van der Waals surface area contributed by atoms with Crippen LogP contribution in [0.15, 0.2) is 24.3 Å². The van der Waals surface area contributed by atoms with Crippen LogP contribution >= 0.6 is 0 Å². The molecule has 0 radical (unpaired) electrons. The van der Waals surface area contributed by atoms with Gasteiger partial charge in [-0.25, -0.2) is 0 Å². The number of halogens is 1. The van der Waals surface area contributed by atoms with Crippen LogP contribution in [0.2, 0.25) is 0 Å². The first-order valence-electron chi connectivity index (χ1n) is 4.93. The summed E-state index contributed by atoms with van der Waals surface area (Å²) in [5, 5.41) is 0. The molecule has 0 spiro atoms. The van der Waals surface area contributed by atoms with Crippen LogP contribution in [0, 0.1) is 6.07 Å². The summed E-state index contributed by atoms with van der Waals surface area (Å²) in [6.45, 7) is 2.29. The second-order valence-corrected chi connectivity index (χ2v) is 3.07. The zero-order chi connectivity index (χ0) is 10.2. The molecule has 0 aliphatic heterocycles. The number of hydrogen-bond acceptors (Lipinski definition) is 2. The fraction of sp³-hybridized carbons (Fsp3) is 0.417. The van der Waals surface area contributed by atoms with Crippen molar-refractivity contribution in [3.05, 3.63) is 35.9 Å². The van der Waals surface area contributed by atoms with Crippen LogP contribution in [0.5, 0.6) is 0 Å². The minimum absolute atomic E-state index is 0. The minimum atomic E-state index is -0.104. The molecule has 1 aromatic carbocycles. The van der Waals surface area contributed by atoms with Crippen molar-refractivity contribution >= 4 is 5.97 Å². The minimum Gasteiger partial charge on any atom is -1.00 e. The maximum absolute atomic E-state index is 11.0. The molecule has 1 aromatic rings. The van der Waals surface area contributed by atoms with Crippen LogP contribution in [0.4, 0.5) is 0 Å². The third-order valence-corrected chi connectivity index (χ3v) is 1.92. The summed E-state index contributed by atoms with van der Waals surface area (Å²) in [5.41, 5.74) is 1.22. The average molecular weight is 292 g/mol. The molecule has 0 atom stereocenters. The predicted molar refractivity (Wildman–Crippen MR) is 54.8 cm³/mol. The predicted octanol–water partition coefficient (Wildman–Crippen LogP) is -0.626. The van der Waals surface area contributed by atoms with Gasteiger partial charge in [-0.05, 0) is 13.3 Å². The Balaban J connectivity index is 0. The van der Waals surface area contributed by atoms with Gasteiger partial charge < -0.3 is 17.1 Å².